The van der Waals surface area contributed by atoms with Gasteiger partial charge in [0.15, 0.2) is 0 Å². The lowest BCUT2D eigenvalue weighted by Gasteiger charge is -2.21. The summed E-state index contributed by atoms with van der Waals surface area (Å²) in [7, 11) is 0. The van der Waals surface area contributed by atoms with E-state index in [-0.39, 0.29) is 29.6 Å². The number of hydrogen-bond donors (Lipinski definition) is 2. The largest absolute Gasteiger partial charge is 0.325 e. The molecule has 0 fully saturated rings. The van der Waals surface area contributed by atoms with Gasteiger partial charge in [0.05, 0.1) is 5.92 Å². The molecule has 3 nitrogen and oxygen atoms in total. The fraction of sp³-hybridized carbons (Fsp3) is 0.533. The van der Waals surface area contributed by atoms with E-state index in [0.717, 1.165) is 17.7 Å². The average molecular weight is 264 g/mol. The van der Waals surface area contributed by atoms with Crippen molar-refractivity contribution in [2.24, 2.45) is 11.7 Å². The van der Waals surface area contributed by atoms with E-state index in [1.807, 2.05) is 13.8 Å². The van der Waals surface area contributed by atoms with Gasteiger partial charge in [0.25, 0.3) is 0 Å². The molecule has 0 saturated heterocycles. The second-order valence-electron chi connectivity index (χ2n) is 5.32. The summed E-state index contributed by atoms with van der Waals surface area (Å²) in [5, 5.41) is 2.87. The summed E-state index contributed by atoms with van der Waals surface area (Å²) >= 11 is 0. The molecule has 0 spiro atoms. The third kappa shape index (κ3) is 2.37. The van der Waals surface area contributed by atoms with Gasteiger partial charge in [-0.15, -0.1) is 0 Å². The molecule has 0 aliphatic carbocycles. The van der Waals surface area contributed by atoms with E-state index in [1.54, 1.807) is 0 Å². The second kappa shape index (κ2) is 5.29. The minimum atomic E-state index is -0.317. The van der Waals surface area contributed by atoms with Gasteiger partial charge in [0.1, 0.15) is 5.82 Å². The molecule has 0 bridgehead atoms. The van der Waals surface area contributed by atoms with Gasteiger partial charge in [0.2, 0.25) is 5.91 Å². The zero-order valence-corrected chi connectivity index (χ0v) is 11.7. The molecule has 19 heavy (non-hydrogen) atoms. The Balaban J connectivity index is 2.50. The van der Waals surface area contributed by atoms with Crippen molar-refractivity contribution in [3.8, 4) is 0 Å². The van der Waals surface area contributed by atoms with E-state index < -0.39 is 0 Å². The number of fused-ring (bicyclic) bond motifs is 1. The van der Waals surface area contributed by atoms with Crippen LogP contribution in [-0.4, -0.2) is 5.91 Å². The molecule has 3 unspecified atom stereocenters. The summed E-state index contributed by atoms with van der Waals surface area (Å²) in [4.78, 5) is 11.9. The maximum Gasteiger partial charge on any atom is 0.232 e. The highest BCUT2D eigenvalue weighted by Gasteiger charge is 2.33. The number of hydrogen-bond acceptors (Lipinski definition) is 2. The number of rotatable bonds is 4. The van der Waals surface area contributed by atoms with Gasteiger partial charge in [-0.25, -0.2) is 4.39 Å². The second-order valence-corrected chi connectivity index (χ2v) is 5.32. The van der Waals surface area contributed by atoms with Crippen molar-refractivity contribution in [2.75, 3.05) is 5.32 Å². The van der Waals surface area contributed by atoms with Crippen LogP contribution in [0.25, 0.3) is 0 Å². The molecule has 1 aliphatic rings. The Morgan fingerprint density at radius 3 is 2.68 bits per heavy atom. The van der Waals surface area contributed by atoms with Crippen LogP contribution in [0.15, 0.2) is 12.1 Å². The molecule has 0 aromatic heterocycles. The molecular formula is C15H21FN2O. The maximum absolute atomic E-state index is 13.8. The minimum Gasteiger partial charge on any atom is -0.325 e. The van der Waals surface area contributed by atoms with Crippen LogP contribution in [0.1, 0.15) is 56.7 Å². The van der Waals surface area contributed by atoms with E-state index in [2.05, 4.69) is 12.2 Å². The normalized spacial score (nSPS) is 20.9. The maximum atomic E-state index is 13.8. The topological polar surface area (TPSA) is 55.1 Å². The molecule has 1 aliphatic heterocycles. The van der Waals surface area contributed by atoms with Gasteiger partial charge >= 0.3 is 0 Å². The number of nitrogens with one attached hydrogen (secondary N) is 1. The molecule has 2 rings (SSSR count). The van der Waals surface area contributed by atoms with Gasteiger partial charge in [0, 0.05) is 11.7 Å². The number of carbonyl (C=O) groups is 1. The Morgan fingerprint density at radius 1 is 1.42 bits per heavy atom. The Labute approximate surface area is 113 Å². The highest BCUT2D eigenvalue weighted by Crippen LogP contribution is 2.41. The van der Waals surface area contributed by atoms with Crippen molar-refractivity contribution in [3.05, 3.63) is 29.1 Å². The Bertz CT molecular complexity index is 501. The number of benzene rings is 1. The standard InChI is InChI=1S/C15H21FN2O/c1-4-8(3)13(17)12-7-9(16)6-11-10(5-2)15(19)18-14(11)12/h6-8,10,13H,4-5,17H2,1-3H3,(H,18,19). The van der Waals surface area contributed by atoms with E-state index in [9.17, 15) is 9.18 Å². The van der Waals surface area contributed by atoms with Crippen LogP contribution in [0.3, 0.4) is 0 Å². The summed E-state index contributed by atoms with van der Waals surface area (Å²) in [5.41, 5.74) is 8.40. The SMILES string of the molecule is CCC1C(=O)Nc2c1cc(F)cc2C(N)C(C)CC. The predicted octanol–water partition coefficient (Wildman–Crippen LogP) is 3.32. The van der Waals surface area contributed by atoms with Crippen molar-refractivity contribution >= 4 is 11.6 Å². The molecule has 1 amide bonds. The summed E-state index contributed by atoms with van der Waals surface area (Å²) in [6, 6.07) is 2.65. The third-order valence-electron chi connectivity index (χ3n) is 4.13. The Kier molecular flexibility index (Phi) is 3.90. The number of halogens is 1. The van der Waals surface area contributed by atoms with Crippen LogP contribution in [0.2, 0.25) is 0 Å². The Morgan fingerprint density at radius 2 is 2.11 bits per heavy atom. The molecule has 0 saturated carbocycles. The molecule has 104 valence electrons. The highest BCUT2D eigenvalue weighted by atomic mass is 19.1. The van der Waals surface area contributed by atoms with E-state index in [0.29, 0.717) is 12.0 Å². The van der Waals surface area contributed by atoms with Gasteiger partial charge in [-0.3, -0.25) is 4.79 Å². The molecule has 1 heterocycles. The third-order valence-corrected chi connectivity index (χ3v) is 4.13. The molecule has 1 aromatic carbocycles. The zero-order chi connectivity index (χ0) is 14.2. The number of anilines is 1. The first-order valence-electron chi connectivity index (χ1n) is 6.89. The fourth-order valence-electron chi connectivity index (χ4n) is 2.65. The Hall–Kier alpha value is -1.42. The number of nitrogens with two attached hydrogens (primary N) is 1. The average Bonchev–Trinajstić information content (AvgIpc) is 2.71. The molecule has 1 aromatic rings. The van der Waals surface area contributed by atoms with Gasteiger partial charge < -0.3 is 11.1 Å². The van der Waals surface area contributed by atoms with Gasteiger partial charge in [-0.05, 0) is 35.6 Å². The van der Waals surface area contributed by atoms with Crippen molar-refractivity contribution in [3.63, 3.8) is 0 Å². The van der Waals surface area contributed by atoms with Gasteiger partial charge in [-0.1, -0.05) is 27.2 Å². The predicted molar refractivity (Wildman–Crippen MR) is 74.4 cm³/mol. The first-order chi connectivity index (χ1) is 8.99. The highest BCUT2D eigenvalue weighted by molar-refractivity contribution is 6.03. The first kappa shape index (κ1) is 14.0. The monoisotopic (exact) mass is 264 g/mol. The van der Waals surface area contributed by atoms with Crippen molar-refractivity contribution in [1.82, 2.24) is 0 Å². The van der Waals surface area contributed by atoms with Crippen LogP contribution in [-0.2, 0) is 4.79 Å². The fourth-order valence-corrected chi connectivity index (χ4v) is 2.65. The van der Waals surface area contributed by atoms with E-state index in [1.165, 1.54) is 12.1 Å². The number of carbonyl (C=O) groups excluding carboxylic acids is 1. The summed E-state index contributed by atoms with van der Waals surface area (Å²) in [6.07, 6.45) is 1.58. The van der Waals surface area contributed by atoms with Crippen LogP contribution >= 0.6 is 0 Å². The molecular weight excluding hydrogens is 243 g/mol. The van der Waals surface area contributed by atoms with Gasteiger partial charge in [-0.2, -0.15) is 0 Å². The van der Waals surface area contributed by atoms with Crippen LogP contribution in [0, 0.1) is 11.7 Å². The number of amides is 1. The summed E-state index contributed by atoms with van der Waals surface area (Å²) in [6.45, 7) is 6.02. The van der Waals surface area contributed by atoms with E-state index >= 15 is 0 Å². The van der Waals surface area contributed by atoms with Crippen LogP contribution in [0.5, 0.6) is 0 Å². The summed E-state index contributed by atoms with van der Waals surface area (Å²) in [5.74, 6) is -0.389. The zero-order valence-electron chi connectivity index (χ0n) is 11.7. The minimum absolute atomic E-state index is 0.0549. The lowest BCUT2D eigenvalue weighted by Crippen LogP contribution is -2.20. The molecule has 4 heteroatoms. The smallest absolute Gasteiger partial charge is 0.232 e. The summed E-state index contributed by atoms with van der Waals surface area (Å²) < 4.78 is 13.8. The molecule has 3 atom stereocenters. The van der Waals surface area contributed by atoms with Crippen LogP contribution < -0.4 is 11.1 Å². The lowest BCUT2D eigenvalue weighted by molar-refractivity contribution is -0.117. The molecule has 3 N–H and O–H groups in total. The van der Waals surface area contributed by atoms with Crippen molar-refractivity contribution in [2.45, 2.75) is 45.6 Å². The van der Waals surface area contributed by atoms with Crippen molar-refractivity contribution in [1.29, 1.82) is 0 Å². The van der Waals surface area contributed by atoms with Crippen molar-refractivity contribution < 1.29 is 9.18 Å². The lowest BCUT2D eigenvalue weighted by atomic mass is 9.89. The van der Waals surface area contributed by atoms with Crippen LogP contribution in [0.4, 0.5) is 10.1 Å². The quantitative estimate of drug-likeness (QED) is 0.876. The molecule has 0 radical (unpaired) electrons. The first-order valence-corrected chi connectivity index (χ1v) is 6.89. The van der Waals surface area contributed by atoms with E-state index in [4.69, 9.17) is 5.73 Å².